The van der Waals surface area contributed by atoms with Gasteiger partial charge in [-0.3, -0.25) is 9.69 Å². The third kappa shape index (κ3) is 3.17. The normalized spacial score (nSPS) is 24.5. The van der Waals surface area contributed by atoms with Gasteiger partial charge >= 0.3 is 0 Å². The Morgan fingerprint density at radius 2 is 2.25 bits per heavy atom. The molecular weight excluding hydrogens is 206 g/mol. The minimum absolute atomic E-state index is 0.00412. The van der Waals surface area contributed by atoms with Gasteiger partial charge in [-0.2, -0.15) is 0 Å². The molecule has 0 radical (unpaired) electrons. The largest absolute Gasteiger partial charge is 0.383 e. The van der Waals surface area contributed by atoms with E-state index in [1.165, 1.54) is 0 Å². The van der Waals surface area contributed by atoms with Crippen molar-refractivity contribution in [3.8, 4) is 0 Å². The van der Waals surface area contributed by atoms with E-state index in [1.54, 1.807) is 7.11 Å². The third-order valence-corrected chi connectivity index (χ3v) is 3.15. The molecule has 1 aliphatic heterocycles. The second-order valence-electron chi connectivity index (χ2n) is 4.32. The molecule has 0 saturated carbocycles. The van der Waals surface area contributed by atoms with Crippen LogP contribution in [-0.4, -0.2) is 67.7 Å². The number of piperazine rings is 1. The highest BCUT2D eigenvalue weighted by Crippen LogP contribution is 2.09. The third-order valence-electron chi connectivity index (χ3n) is 3.15. The Morgan fingerprint density at radius 3 is 2.75 bits per heavy atom. The van der Waals surface area contributed by atoms with Crippen LogP contribution in [0.5, 0.6) is 0 Å². The lowest BCUT2D eigenvalue weighted by atomic mass is 10.1. The van der Waals surface area contributed by atoms with E-state index in [9.17, 15) is 4.79 Å². The average molecular weight is 229 g/mol. The number of carbonyl (C=O) groups excluding carboxylic acids is 1. The van der Waals surface area contributed by atoms with Gasteiger partial charge in [0.2, 0.25) is 5.91 Å². The zero-order valence-corrected chi connectivity index (χ0v) is 10.5. The van der Waals surface area contributed by atoms with Crippen molar-refractivity contribution in [2.45, 2.75) is 25.9 Å². The van der Waals surface area contributed by atoms with E-state index in [-0.39, 0.29) is 5.91 Å². The number of hydrogen-bond donors (Lipinski definition) is 1. The Kier molecular flexibility index (Phi) is 5.18. The Balaban J connectivity index is 2.47. The summed E-state index contributed by atoms with van der Waals surface area (Å²) < 4.78 is 4.90. The average Bonchev–Trinajstić information content (AvgIpc) is 2.28. The van der Waals surface area contributed by atoms with Gasteiger partial charge in [0.1, 0.15) is 6.04 Å². The van der Waals surface area contributed by atoms with Crippen LogP contribution < -0.4 is 5.73 Å². The molecule has 5 nitrogen and oxygen atoms in total. The van der Waals surface area contributed by atoms with E-state index in [4.69, 9.17) is 10.5 Å². The van der Waals surface area contributed by atoms with Crippen molar-refractivity contribution < 1.29 is 9.53 Å². The SMILES string of the molecule is CCN1CCN(C(=O)C(N)COC)CC1C. The summed E-state index contributed by atoms with van der Waals surface area (Å²) in [7, 11) is 1.56. The first-order chi connectivity index (χ1) is 7.60. The summed E-state index contributed by atoms with van der Waals surface area (Å²) in [5.74, 6) is 0.00412. The lowest BCUT2D eigenvalue weighted by molar-refractivity contribution is -0.136. The molecule has 1 rings (SSSR count). The molecule has 2 unspecified atom stereocenters. The molecular formula is C11H23N3O2. The maximum absolute atomic E-state index is 11.9. The Morgan fingerprint density at radius 1 is 1.56 bits per heavy atom. The van der Waals surface area contributed by atoms with Crippen LogP contribution in [0, 0.1) is 0 Å². The highest BCUT2D eigenvalue weighted by atomic mass is 16.5. The smallest absolute Gasteiger partial charge is 0.241 e. The molecule has 5 heteroatoms. The Bertz CT molecular complexity index is 235. The van der Waals surface area contributed by atoms with Crippen molar-refractivity contribution >= 4 is 5.91 Å². The first kappa shape index (κ1) is 13.4. The van der Waals surface area contributed by atoms with Crippen LogP contribution in [0.15, 0.2) is 0 Å². The van der Waals surface area contributed by atoms with Gasteiger partial charge in [0.25, 0.3) is 0 Å². The van der Waals surface area contributed by atoms with E-state index in [1.807, 2.05) is 4.90 Å². The van der Waals surface area contributed by atoms with Crippen LogP contribution >= 0.6 is 0 Å². The molecule has 0 aromatic carbocycles. The lowest BCUT2D eigenvalue weighted by Crippen LogP contribution is -2.57. The van der Waals surface area contributed by atoms with Crippen LogP contribution in [0.3, 0.4) is 0 Å². The second kappa shape index (κ2) is 6.18. The molecule has 1 saturated heterocycles. The van der Waals surface area contributed by atoms with Gasteiger partial charge in [-0.25, -0.2) is 0 Å². The molecule has 0 aromatic rings. The zero-order chi connectivity index (χ0) is 12.1. The molecule has 2 N–H and O–H groups in total. The summed E-state index contributed by atoms with van der Waals surface area (Å²) in [5.41, 5.74) is 5.74. The highest BCUT2D eigenvalue weighted by molar-refractivity contribution is 5.81. The van der Waals surface area contributed by atoms with Crippen molar-refractivity contribution in [2.75, 3.05) is 39.9 Å². The van der Waals surface area contributed by atoms with Crippen molar-refractivity contribution in [2.24, 2.45) is 5.73 Å². The van der Waals surface area contributed by atoms with Crippen molar-refractivity contribution in [1.29, 1.82) is 0 Å². The molecule has 0 bridgehead atoms. The standard InChI is InChI=1S/C11H23N3O2/c1-4-13-5-6-14(7-9(13)2)11(15)10(12)8-16-3/h9-10H,4-8,12H2,1-3H3. The molecule has 1 heterocycles. The van der Waals surface area contributed by atoms with Crippen molar-refractivity contribution in [1.82, 2.24) is 9.80 Å². The maximum Gasteiger partial charge on any atom is 0.241 e. The van der Waals surface area contributed by atoms with Crippen LogP contribution in [0.2, 0.25) is 0 Å². The number of nitrogens with two attached hydrogens (primary N) is 1. The predicted octanol–water partition coefficient (Wildman–Crippen LogP) is -0.487. The van der Waals surface area contributed by atoms with Crippen LogP contribution in [0.4, 0.5) is 0 Å². The molecule has 2 atom stereocenters. The zero-order valence-electron chi connectivity index (χ0n) is 10.5. The van der Waals surface area contributed by atoms with Gasteiger partial charge in [-0.1, -0.05) is 6.92 Å². The second-order valence-corrected chi connectivity index (χ2v) is 4.32. The number of nitrogens with zero attached hydrogens (tertiary/aromatic N) is 2. The molecule has 16 heavy (non-hydrogen) atoms. The van der Waals surface area contributed by atoms with Crippen LogP contribution in [0.1, 0.15) is 13.8 Å². The molecule has 1 fully saturated rings. The van der Waals surface area contributed by atoms with E-state index in [0.29, 0.717) is 12.6 Å². The van der Waals surface area contributed by atoms with Gasteiger partial charge in [-0.05, 0) is 13.5 Å². The lowest BCUT2D eigenvalue weighted by Gasteiger charge is -2.40. The number of carbonyl (C=O) groups is 1. The number of likely N-dealkylation sites (N-methyl/N-ethyl adjacent to an activating group) is 1. The molecule has 0 aromatic heterocycles. The van der Waals surface area contributed by atoms with Crippen molar-refractivity contribution in [3.05, 3.63) is 0 Å². The summed E-state index contributed by atoms with van der Waals surface area (Å²) in [6.45, 7) is 8.09. The van der Waals surface area contributed by atoms with Gasteiger partial charge in [0.15, 0.2) is 0 Å². The fourth-order valence-corrected chi connectivity index (χ4v) is 2.15. The van der Waals surface area contributed by atoms with Gasteiger partial charge in [0, 0.05) is 32.8 Å². The molecule has 94 valence electrons. The molecule has 1 amide bonds. The summed E-state index contributed by atoms with van der Waals surface area (Å²) in [6, 6.07) is -0.108. The summed E-state index contributed by atoms with van der Waals surface area (Å²) in [5, 5.41) is 0. The van der Waals surface area contributed by atoms with Crippen molar-refractivity contribution in [3.63, 3.8) is 0 Å². The molecule has 0 aliphatic carbocycles. The van der Waals surface area contributed by atoms with E-state index in [2.05, 4.69) is 18.7 Å². The highest BCUT2D eigenvalue weighted by Gasteiger charge is 2.28. The van der Waals surface area contributed by atoms with Gasteiger partial charge < -0.3 is 15.4 Å². The Labute approximate surface area is 97.5 Å². The summed E-state index contributed by atoms with van der Waals surface area (Å²) in [4.78, 5) is 16.1. The number of ether oxygens (including phenoxy) is 1. The van der Waals surface area contributed by atoms with Gasteiger partial charge in [-0.15, -0.1) is 0 Å². The van der Waals surface area contributed by atoms with E-state index >= 15 is 0 Å². The van der Waals surface area contributed by atoms with E-state index < -0.39 is 6.04 Å². The number of hydrogen-bond acceptors (Lipinski definition) is 4. The number of amides is 1. The quantitative estimate of drug-likeness (QED) is 0.707. The molecule has 1 aliphatic rings. The fraction of sp³-hybridized carbons (Fsp3) is 0.909. The minimum atomic E-state index is -0.523. The summed E-state index contributed by atoms with van der Waals surface area (Å²) >= 11 is 0. The van der Waals surface area contributed by atoms with E-state index in [0.717, 1.165) is 26.2 Å². The predicted molar refractivity (Wildman–Crippen MR) is 63.1 cm³/mol. The number of rotatable bonds is 4. The maximum atomic E-state index is 11.9. The van der Waals surface area contributed by atoms with Crippen LogP contribution in [-0.2, 0) is 9.53 Å². The van der Waals surface area contributed by atoms with Gasteiger partial charge in [0.05, 0.1) is 6.61 Å². The summed E-state index contributed by atoms with van der Waals surface area (Å²) in [6.07, 6.45) is 0. The molecule has 0 spiro atoms. The fourth-order valence-electron chi connectivity index (χ4n) is 2.15. The monoisotopic (exact) mass is 229 g/mol. The minimum Gasteiger partial charge on any atom is -0.383 e. The topological polar surface area (TPSA) is 58.8 Å². The Hall–Kier alpha value is -0.650. The first-order valence-corrected chi connectivity index (χ1v) is 5.87. The van der Waals surface area contributed by atoms with Crippen LogP contribution in [0.25, 0.3) is 0 Å². The first-order valence-electron chi connectivity index (χ1n) is 5.87. The number of methoxy groups -OCH3 is 1.